The van der Waals surface area contributed by atoms with Crippen LogP contribution in [-0.4, -0.2) is 32.3 Å². The number of aryl methyl sites for hydroxylation is 1. The van der Waals surface area contributed by atoms with Gasteiger partial charge in [0.1, 0.15) is 0 Å². The molecular weight excluding hydrogens is 310 g/mol. The van der Waals surface area contributed by atoms with Gasteiger partial charge in [-0.3, -0.25) is 4.79 Å². The number of carbonyl (C=O) groups excluding carboxylic acids is 1. The molecule has 0 aromatic heterocycles. The van der Waals surface area contributed by atoms with Crippen LogP contribution in [-0.2, 0) is 15.5 Å². The molecular formula is C15H20ClNO3S. The minimum atomic E-state index is -3.83. The molecule has 0 atom stereocenters. The molecule has 1 saturated carbocycles. The molecule has 1 fully saturated rings. The van der Waals surface area contributed by atoms with Crippen molar-refractivity contribution >= 4 is 25.6 Å². The normalized spacial score (nSPS) is 16.1. The predicted octanol–water partition coefficient (Wildman–Crippen LogP) is 3.19. The zero-order valence-corrected chi connectivity index (χ0v) is 13.9. The first kappa shape index (κ1) is 16.3. The van der Waals surface area contributed by atoms with Gasteiger partial charge in [0.25, 0.3) is 15.0 Å². The summed E-state index contributed by atoms with van der Waals surface area (Å²) in [6, 6.07) is 4.77. The zero-order valence-electron chi connectivity index (χ0n) is 12.3. The molecule has 0 heterocycles. The van der Waals surface area contributed by atoms with Gasteiger partial charge in [0.05, 0.1) is 4.90 Å². The first-order valence-electron chi connectivity index (χ1n) is 7.19. The summed E-state index contributed by atoms with van der Waals surface area (Å²) in [7, 11) is 3.35. The van der Waals surface area contributed by atoms with Crippen LogP contribution >= 0.6 is 10.7 Å². The molecule has 0 aliphatic heterocycles. The molecule has 2 rings (SSSR count). The van der Waals surface area contributed by atoms with Crippen molar-refractivity contribution in [3.05, 3.63) is 29.3 Å². The van der Waals surface area contributed by atoms with Crippen LogP contribution in [0.2, 0.25) is 0 Å². The van der Waals surface area contributed by atoms with Gasteiger partial charge >= 0.3 is 0 Å². The molecule has 1 aromatic rings. The second-order valence-electron chi connectivity index (χ2n) is 5.46. The van der Waals surface area contributed by atoms with Gasteiger partial charge < -0.3 is 4.90 Å². The molecule has 21 heavy (non-hydrogen) atoms. The third-order valence-corrected chi connectivity index (χ3v) is 5.52. The largest absolute Gasteiger partial charge is 0.339 e. The molecule has 0 N–H and O–H groups in total. The second-order valence-corrected chi connectivity index (χ2v) is 8.03. The maximum atomic E-state index is 12.7. The van der Waals surface area contributed by atoms with E-state index in [1.165, 1.54) is 12.1 Å². The van der Waals surface area contributed by atoms with Crippen LogP contribution in [0.4, 0.5) is 0 Å². The fraction of sp³-hybridized carbons (Fsp3) is 0.533. The monoisotopic (exact) mass is 329 g/mol. The zero-order chi connectivity index (χ0) is 15.6. The number of hydrogen-bond acceptors (Lipinski definition) is 3. The van der Waals surface area contributed by atoms with Gasteiger partial charge in [-0.1, -0.05) is 25.8 Å². The molecule has 4 nitrogen and oxygen atoms in total. The molecule has 1 amide bonds. The molecule has 116 valence electrons. The van der Waals surface area contributed by atoms with Crippen LogP contribution < -0.4 is 0 Å². The van der Waals surface area contributed by atoms with Crippen molar-refractivity contribution in [1.29, 1.82) is 0 Å². The topological polar surface area (TPSA) is 54.5 Å². The van der Waals surface area contributed by atoms with Gasteiger partial charge in [0, 0.05) is 29.3 Å². The van der Waals surface area contributed by atoms with E-state index in [0.717, 1.165) is 31.2 Å². The Morgan fingerprint density at radius 1 is 1.33 bits per heavy atom. The molecule has 1 aliphatic rings. The third kappa shape index (κ3) is 3.58. The van der Waals surface area contributed by atoms with E-state index >= 15 is 0 Å². The molecule has 0 radical (unpaired) electrons. The number of carbonyl (C=O) groups is 1. The van der Waals surface area contributed by atoms with Gasteiger partial charge in [-0.2, -0.15) is 0 Å². The number of hydrogen-bond donors (Lipinski definition) is 0. The average Bonchev–Trinajstić information content (AvgIpc) is 2.98. The Labute approximate surface area is 130 Å². The van der Waals surface area contributed by atoms with E-state index in [-0.39, 0.29) is 16.8 Å². The fourth-order valence-corrected chi connectivity index (χ4v) is 3.64. The van der Waals surface area contributed by atoms with Gasteiger partial charge in [-0.05, 0) is 37.0 Å². The molecule has 0 bridgehead atoms. The summed E-state index contributed by atoms with van der Waals surface area (Å²) < 4.78 is 22.9. The summed E-state index contributed by atoms with van der Waals surface area (Å²) in [6.07, 6.45) is 4.97. The highest BCUT2D eigenvalue weighted by molar-refractivity contribution is 8.13. The van der Waals surface area contributed by atoms with Crippen LogP contribution in [0, 0.1) is 0 Å². The Morgan fingerprint density at radius 3 is 2.48 bits per heavy atom. The summed E-state index contributed by atoms with van der Waals surface area (Å²) in [5.74, 6) is -0.124. The summed E-state index contributed by atoms with van der Waals surface area (Å²) in [6.45, 7) is 1.94. The number of halogens is 1. The lowest BCUT2D eigenvalue weighted by Gasteiger charge is -2.25. The lowest BCUT2D eigenvalue weighted by Crippen LogP contribution is -2.35. The third-order valence-electron chi connectivity index (χ3n) is 4.17. The van der Waals surface area contributed by atoms with Crippen LogP contribution in [0.5, 0.6) is 0 Å². The second kappa shape index (κ2) is 6.36. The van der Waals surface area contributed by atoms with Crippen LogP contribution in [0.1, 0.15) is 48.5 Å². The SMILES string of the molecule is CCc1ccc(S(=O)(=O)Cl)cc1C(=O)N(C)C1CCCC1. The standard InChI is InChI=1S/C15H20ClNO3S/c1-3-11-8-9-13(21(16,19)20)10-14(11)15(18)17(2)12-6-4-5-7-12/h8-10,12H,3-7H2,1-2H3. The van der Waals surface area contributed by atoms with Gasteiger partial charge in [0.15, 0.2) is 0 Å². The summed E-state index contributed by atoms with van der Waals surface area (Å²) in [5.41, 5.74) is 1.28. The van der Waals surface area contributed by atoms with Crippen LogP contribution in [0.15, 0.2) is 23.1 Å². The van der Waals surface area contributed by atoms with E-state index in [2.05, 4.69) is 0 Å². The van der Waals surface area contributed by atoms with E-state index in [1.54, 1.807) is 18.0 Å². The Bertz CT molecular complexity index is 636. The van der Waals surface area contributed by atoms with Crippen LogP contribution in [0.3, 0.4) is 0 Å². The van der Waals surface area contributed by atoms with E-state index in [9.17, 15) is 13.2 Å². The molecule has 1 aliphatic carbocycles. The summed E-state index contributed by atoms with van der Waals surface area (Å²) in [5, 5.41) is 0. The Kier molecular flexibility index (Phi) is 4.94. The Hall–Kier alpha value is -1.07. The van der Waals surface area contributed by atoms with Crippen molar-refractivity contribution < 1.29 is 13.2 Å². The number of nitrogens with zero attached hydrogens (tertiary/aromatic N) is 1. The quantitative estimate of drug-likeness (QED) is 0.797. The molecule has 0 spiro atoms. The number of benzene rings is 1. The Balaban J connectivity index is 2.38. The highest BCUT2D eigenvalue weighted by atomic mass is 35.7. The minimum absolute atomic E-state index is 0.0236. The van der Waals surface area contributed by atoms with Crippen molar-refractivity contribution in [3.63, 3.8) is 0 Å². The number of rotatable bonds is 4. The maximum Gasteiger partial charge on any atom is 0.261 e. The van der Waals surface area contributed by atoms with E-state index in [0.29, 0.717) is 12.0 Å². The van der Waals surface area contributed by atoms with Crippen LogP contribution in [0.25, 0.3) is 0 Å². The Morgan fingerprint density at radius 2 is 1.95 bits per heavy atom. The maximum absolute atomic E-state index is 12.7. The van der Waals surface area contributed by atoms with E-state index < -0.39 is 9.05 Å². The van der Waals surface area contributed by atoms with Gasteiger partial charge in [0.2, 0.25) is 0 Å². The summed E-state index contributed by atoms with van der Waals surface area (Å²) >= 11 is 0. The molecule has 0 saturated heterocycles. The first-order valence-corrected chi connectivity index (χ1v) is 9.50. The average molecular weight is 330 g/mol. The highest BCUT2D eigenvalue weighted by Crippen LogP contribution is 2.26. The van der Waals surface area contributed by atoms with Crippen molar-refractivity contribution in [2.24, 2.45) is 0 Å². The van der Waals surface area contributed by atoms with E-state index in [1.807, 2.05) is 6.92 Å². The lowest BCUT2D eigenvalue weighted by molar-refractivity contribution is 0.0734. The predicted molar refractivity (Wildman–Crippen MR) is 83.2 cm³/mol. The van der Waals surface area contributed by atoms with Gasteiger partial charge in [-0.25, -0.2) is 8.42 Å². The highest BCUT2D eigenvalue weighted by Gasteiger charge is 2.26. The smallest absolute Gasteiger partial charge is 0.261 e. The molecule has 1 aromatic carbocycles. The lowest BCUT2D eigenvalue weighted by atomic mass is 10.0. The van der Waals surface area contributed by atoms with Crippen molar-refractivity contribution in [3.8, 4) is 0 Å². The molecule has 0 unspecified atom stereocenters. The van der Waals surface area contributed by atoms with Crippen molar-refractivity contribution in [2.75, 3.05) is 7.05 Å². The molecule has 6 heteroatoms. The fourth-order valence-electron chi connectivity index (χ4n) is 2.86. The van der Waals surface area contributed by atoms with Gasteiger partial charge in [-0.15, -0.1) is 0 Å². The first-order chi connectivity index (χ1) is 9.84. The number of amides is 1. The van der Waals surface area contributed by atoms with Crippen molar-refractivity contribution in [2.45, 2.75) is 50.0 Å². The summed E-state index contributed by atoms with van der Waals surface area (Å²) in [4.78, 5) is 14.4. The minimum Gasteiger partial charge on any atom is -0.339 e. The van der Waals surface area contributed by atoms with E-state index in [4.69, 9.17) is 10.7 Å². The van der Waals surface area contributed by atoms with Crippen molar-refractivity contribution in [1.82, 2.24) is 4.90 Å².